The molecule has 0 aliphatic carbocycles. The Labute approximate surface area is 107 Å². The summed E-state index contributed by atoms with van der Waals surface area (Å²) < 4.78 is 41.9. The van der Waals surface area contributed by atoms with E-state index >= 15 is 0 Å². The Hall–Kier alpha value is -0.330. The standard InChI is InChI=1S/C12H23F3N2O/c1-9(5-16-7-12(13,14)15)17-6-10(2)18-11(3,4)8-17/h9-10,16H,5-8H2,1-4H3. The fraction of sp³-hybridized carbons (Fsp3) is 1.00. The summed E-state index contributed by atoms with van der Waals surface area (Å²) in [7, 11) is 0. The van der Waals surface area contributed by atoms with E-state index in [1.165, 1.54) is 0 Å². The first-order valence-corrected chi connectivity index (χ1v) is 6.28. The van der Waals surface area contributed by atoms with Crippen molar-refractivity contribution < 1.29 is 17.9 Å². The molecular formula is C12H23F3N2O. The molecule has 0 amide bonds. The van der Waals surface area contributed by atoms with E-state index in [1.807, 2.05) is 27.7 Å². The second-order valence-electron chi connectivity index (χ2n) is 5.71. The molecule has 2 unspecified atom stereocenters. The third kappa shape index (κ3) is 5.54. The number of alkyl halides is 3. The topological polar surface area (TPSA) is 24.5 Å². The van der Waals surface area contributed by atoms with E-state index in [9.17, 15) is 13.2 Å². The minimum Gasteiger partial charge on any atom is -0.370 e. The number of halogens is 3. The quantitative estimate of drug-likeness (QED) is 0.844. The number of nitrogens with one attached hydrogen (secondary N) is 1. The summed E-state index contributed by atoms with van der Waals surface area (Å²) in [5.41, 5.74) is -0.240. The van der Waals surface area contributed by atoms with E-state index in [4.69, 9.17) is 4.74 Å². The number of hydrogen-bond acceptors (Lipinski definition) is 3. The van der Waals surface area contributed by atoms with Gasteiger partial charge in [0, 0.05) is 25.7 Å². The molecule has 1 heterocycles. The first-order valence-electron chi connectivity index (χ1n) is 6.28. The zero-order valence-electron chi connectivity index (χ0n) is 11.5. The summed E-state index contributed by atoms with van der Waals surface area (Å²) in [5.74, 6) is 0. The summed E-state index contributed by atoms with van der Waals surface area (Å²) in [6.45, 7) is 8.85. The van der Waals surface area contributed by atoms with E-state index in [0.29, 0.717) is 6.54 Å². The smallest absolute Gasteiger partial charge is 0.370 e. The van der Waals surface area contributed by atoms with Crippen LogP contribution in [0.1, 0.15) is 27.7 Å². The highest BCUT2D eigenvalue weighted by Gasteiger charge is 2.33. The lowest BCUT2D eigenvalue weighted by molar-refractivity contribution is -0.139. The molecule has 6 heteroatoms. The molecular weight excluding hydrogens is 245 g/mol. The Balaban J connectivity index is 2.39. The van der Waals surface area contributed by atoms with E-state index in [1.54, 1.807) is 0 Å². The van der Waals surface area contributed by atoms with Crippen molar-refractivity contribution in [2.75, 3.05) is 26.2 Å². The van der Waals surface area contributed by atoms with Gasteiger partial charge in [0.15, 0.2) is 0 Å². The number of hydrogen-bond donors (Lipinski definition) is 1. The molecule has 1 aliphatic rings. The van der Waals surface area contributed by atoms with Crippen LogP contribution in [0.4, 0.5) is 13.2 Å². The third-order valence-electron chi connectivity index (χ3n) is 2.98. The van der Waals surface area contributed by atoms with Gasteiger partial charge in [0.05, 0.1) is 18.2 Å². The van der Waals surface area contributed by atoms with Crippen molar-refractivity contribution in [2.45, 2.75) is 51.6 Å². The average molecular weight is 268 g/mol. The molecule has 1 fully saturated rings. The molecule has 1 N–H and O–H groups in total. The van der Waals surface area contributed by atoms with Crippen LogP contribution in [-0.2, 0) is 4.74 Å². The number of rotatable bonds is 4. The maximum atomic E-state index is 12.0. The van der Waals surface area contributed by atoms with Crippen molar-refractivity contribution in [1.29, 1.82) is 0 Å². The lowest BCUT2D eigenvalue weighted by Crippen LogP contribution is -2.56. The third-order valence-corrected chi connectivity index (χ3v) is 2.98. The van der Waals surface area contributed by atoms with Gasteiger partial charge >= 0.3 is 6.18 Å². The Morgan fingerprint density at radius 2 is 2.06 bits per heavy atom. The molecule has 0 aromatic heterocycles. The minimum atomic E-state index is -4.14. The van der Waals surface area contributed by atoms with Gasteiger partial charge < -0.3 is 10.1 Å². The zero-order chi connectivity index (χ0) is 14.0. The summed E-state index contributed by atoms with van der Waals surface area (Å²) in [6, 6.07) is 0.0676. The van der Waals surface area contributed by atoms with Crippen LogP contribution in [0, 0.1) is 0 Å². The highest BCUT2D eigenvalue weighted by Crippen LogP contribution is 2.22. The van der Waals surface area contributed by atoms with Gasteiger partial charge in [-0.2, -0.15) is 13.2 Å². The lowest BCUT2D eigenvalue weighted by atomic mass is 10.0. The number of morpholine rings is 1. The highest BCUT2D eigenvalue weighted by molar-refractivity contribution is 4.85. The van der Waals surface area contributed by atoms with Gasteiger partial charge in [-0.3, -0.25) is 4.90 Å². The largest absolute Gasteiger partial charge is 0.401 e. The molecule has 0 bridgehead atoms. The number of nitrogens with zero attached hydrogens (tertiary/aromatic N) is 1. The first kappa shape index (κ1) is 15.7. The van der Waals surface area contributed by atoms with Crippen LogP contribution in [0.2, 0.25) is 0 Å². The predicted octanol–water partition coefficient (Wildman–Crippen LogP) is 2.03. The normalized spacial score (nSPS) is 27.2. The van der Waals surface area contributed by atoms with Crippen LogP contribution in [0.5, 0.6) is 0 Å². The van der Waals surface area contributed by atoms with Crippen LogP contribution < -0.4 is 5.32 Å². The molecule has 18 heavy (non-hydrogen) atoms. The van der Waals surface area contributed by atoms with E-state index in [-0.39, 0.29) is 17.7 Å². The fourth-order valence-corrected chi connectivity index (χ4v) is 2.39. The van der Waals surface area contributed by atoms with E-state index in [0.717, 1.165) is 13.1 Å². The number of ether oxygens (including phenoxy) is 1. The molecule has 0 aromatic rings. The van der Waals surface area contributed by atoms with Crippen LogP contribution >= 0.6 is 0 Å². The Kier molecular flexibility index (Phi) is 5.03. The monoisotopic (exact) mass is 268 g/mol. The van der Waals surface area contributed by atoms with Crippen molar-refractivity contribution >= 4 is 0 Å². The molecule has 0 saturated carbocycles. The average Bonchev–Trinajstić information content (AvgIpc) is 2.11. The van der Waals surface area contributed by atoms with Crippen molar-refractivity contribution in [2.24, 2.45) is 0 Å². The van der Waals surface area contributed by atoms with E-state index < -0.39 is 12.7 Å². The molecule has 0 radical (unpaired) electrons. The van der Waals surface area contributed by atoms with Gasteiger partial charge in [0.25, 0.3) is 0 Å². The predicted molar refractivity (Wildman–Crippen MR) is 64.6 cm³/mol. The molecule has 1 aliphatic heterocycles. The van der Waals surface area contributed by atoms with Gasteiger partial charge in [0.1, 0.15) is 0 Å². The second-order valence-corrected chi connectivity index (χ2v) is 5.71. The van der Waals surface area contributed by atoms with Crippen LogP contribution in [0.25, 0.3) is 0 Å². The Bertz CT molecular complexity index is 269. The molecule has 3 nitrogen and oxygen atoms in total. The van der Waals surface area contributed by atoms with Gasteiger partial charge in [-0.15, -0.1) is 0 Å². The maximum absolute atomic E-state index is 12.0. The molecule has 1 saturated heterocycles. The van der Waals surface area contributed by atoms with E-state index in [2.05, 4.69) is 10.2 Å². The molecule has 0 aromatic carbocycles. The summed E-state index contributed by atoms with van der Waals surface area (Å²) in [6.07, 6.45) is -4.03. The van der Waals surface area contributed by atoms with Gasteiger partial charge in [-0.25, -0.2) is 0 Å². The van der Waals surface area contributed by atoms with Crippen molar-refractivity contribution in [3.05, 3.63) is 0 Å². The zero-order valence-corrected chi connectivity index (χ0v) is 11.5. The molecule has 108 valence electrons. The van der Waals surface area contributed by atoms with Crippen molar-refractivity contribution in [1.82, 2.24) is 10.2 Å². The molecule has 1 rings (SSSR count). The highest BCUT2D eigenvalue weighted by atomic mass is 19.4. The summed E-state index contributed by atoms with van der Waals surface area (Å²) in [5, 5.41) is 2.46. The van der Waals surface area contributed by atoms with Gasteiger partial charge in [-0.1, -0.05) is 0 Å². The molecule has 0 spiro atoms. The Morgan fingerprint density at radius 1 is 1.44 bits per heavy atom. The van der Waals surface area contributed by atoms with Gasteiger partial charge in [0.2, 0.25) is 0 Å². The van der Waals surface area contributed by atoms with Crippen molar-refractivity contribution in [3.63, 3.8) is 0 Å². The fourth-order valence-electron chi connectivity index (χ4n) is 2.39. The second kappa shape index (κ2) is 5.75. The maximum Gasteiger partial charge on any atom is 0.401 e. The van der Waals surface area contributed by atoms with Crippen LogP contribution in [-0.4, -0.2) is 55.0 Å². The molecule has 2 atom stereocenters. The first-order chi connectivity index (χ1) is 8.09. The Morgan fingerprint density at radius 3 is 2.56 bits per heavy atom. The van der Waals surface area contributed by atoms with Gasteiger partial charge in [-0.05, 0) is 27.7 Å². The summed E-state index contributed by atoms with van der Waals surface area (Å²) in [4.78, 5) is 2.18. The van der Waals surface area contributed by atoms with Crippen molar-refractivity contribution in [3.8, 4) is 0 Å². The van der Waals surface area contributed by atoms with Crippen LogP contribution in [0.3, 0.4) is 0 Å². The minimum absolute atomic E-state index is 0.0676. The summed E-state index contributed by atoms with van der Waals surface area (Å²) >= 11 is 0. The lowest BCUT2D eigenvalue weighted by Gasteiger charge is -2.44. The SMILES string of the molecule is CC1CN(C(C)CNCC(F)(F)F)CC(C)(C)O1. The van der Waals surface area contributed by atoms with Crippen LogP contribution in [0.15, 0.2) is 0 Å².